The van der Waals surface area contributed by atoms with Crippen LogP contribution in [0.1, 0.15) is 18.4 Å². The highest BCUT2D eigenvalue weighted by molar-refractivity contribution is 7.22. The molecule has 3 rings (SSSR count). The lowest BCUT2D eigenvalue weighted by atomic mass is 10.0. The number of hydrogen-bond donors (Lipinski definition) is 1. The van der Waals surface area contributed by atoms with E-state index in [0.717, 1.165) is 30.4 Å². The maximum Gasteiger partial charge on any atom is 0.183 e. The minimum atomic E-state index is 0.631. The van der Waals surface area contributed by atoms with Gasteiger partial charge in [-0.1, -0.05) is 23.5 Å². The fourth-order valence-corrected chi connectivity index (χ4v) is 3.31. The van der Waals surface area contributed by atoms with Crippen LogP contribution in [0.3, 0.4) is 0 Å². The Hall–Kier alpha value is -1.13. The summed E-state index contributed by atoms with van der Waals surface area (Å²) in [7, 11) is 0. The van der Waals surface area contributed by atoms with Crippen LogP contribution in [0.25, 0.3) is 10.2 Å². The topological polar surface area (TPSA) is 34.1 Å². The van der Waals surface area contributed by atoms with Crippen LogP contribution in [-0.2, 0) is 4.74 Å². The van der Waals surface area contributed by atoms with Gasteiger partial charge >= 0.3 is 0 Å². The van der Waals surface area contributed by atoms with Crippen molar-refractivity contribution in [3.8, 4) is 0 Å². The Bertz CT molecular complexity index is 532. The first-order valence-corrected chi connectivity index (χ1v) is 7.32. The normalized spacial score (nSPS) is 20.2. The molecular formula is C14H18N2OS. The summed E-state index contributed by atoms with van der Waals surface area (Å²) in [4.78, 5) is 4.66. The number of ether oxygens (including phenoxy) is 1. The number of fused-ring (bicyclic) bond motifs is 1. The van der Waals surface area contributed by atoms with Gasteiger partial charge in [-0.3, -0.25) is 0 Å². The average molecular weight is 262 g/mol. The maximum absolute atomic E-state index is 5.49. The summed E-state index contributed by atoms with van der Waals surface area (Å²) >= 11 is 1.74. The number of hydrogen-bond acceptors (Lipinski definition) is 4. The Morgan fingerprint density at radius 1 is 1.50 bits per heavy atom. The Morgan fingerprint density at radius 3 is 3.22 bits per heavy atom. The summed E-state index contributed by atoms with van der Waals surface area (Å²) in [5, 5.41) is 4.49. The standard InChI is InChI=1S/C14H18N2OS/c1-10-4-2-6-12-13(10)16-14(18-12)15-8-11-5-3-7-17-9-11/h2,4,6,11H,3,5,7-9H2,1H3,(H,15,16). The highest BCUT2D eigenvalue weighted by Gasteiger charge is 2.14. The van der Waals surface area contributed by atoms with Gasteiger partial charge in [0.05, 0.1) is 16.8 Å². The van der Waals surface area contributed by atoms with Gasteiger partial charge < -0.3 is 10.1 Å². The zero-order valence-corrected chi connectivity index (χ0v) is 11.4. The molecule has 18 heavy (non-hydrogen) atoms. The molecule has 0 amide bonds. The Morgan fingerprint density at radius 2 is 2.44 bits per heavy atom. The lowest BCUT2D eigenvalue weighted by Gasteiger charge is -2.21. The third kappa shape index (κ3) is 2.49. The van der Waals surface area contributed by atoms with Crippen LogP contribution in [-0.4, -0.2) is 24.7 Å². The Labute approximate surface area is 111 Å². The largest absolute Gasteiger partial charge is 0.381 e. The van der Waals surface area contributed by atoms with E-state index in [1.54, 1.807) is 11.3 Å². The lowest BCUT2D eigenvalue weighted by Crippen LogP contribution is -2.24. The van der Waals surface area contributed by atoms with Crippen molar-refractivity contribution in [2.24, 2.45) is 5.92 Å². The summed E-state index contributed by atoms with van der Waals surface area (Å²) in [5.41, 5.74) is 2.38. The second-order valence-electron chi connectivity index (χ2n) is 4.90. The van der Waals surface area contributed by atoms with Gasteiger partial charge in [-0.2, -0.15) is 0 Å². The molecule has 0 aliphatic carbocycles. The Balaban J connectivity index is 1.69. The first kappa shape index (κ1) is 11.9. The van der Waals surface area contributed by atoms with Gasteiger partial charge in [-0.05, 0) is 37.3 Å². The van der Waals surface area contributed by atoms with Crippen molar-refractivity contribution in [1.29, 1.82) is 0 Å². The molecule has 0 radical (unpaired) electrons. The van der Waals surface area contributed by atoms with E-state index < -0.39 is 0 Å². The maximum atomic E-state index is 5.49. The SMILES string of the molecule is Cc1cccc2sc(NCC3CCCOC3)nc12. The number of rotatable bonds is 3. The van der Waals surface area contributed by atoms with Gasteiger partial charge in [0.2, 0.25) is 0 Å². The predicted octanol–water partition coefficient (Wildman–Crippen LogP) is 3.44. The van der Waals surface area contributed by atoms with Crippen LogP contribution in [0.2, 0.25) is 0 Å². The van der Waals surface area contributed by atoms with E-state index in [1.165, 1.54) is 23.1 Å². The molecular weight excluding hydrogens is 244 g/mol. The molecule has 4 heteroatoms. The smallest absolute Gasteiger partial charge is 0.183 e. The van der Waals surface area contributed by atoms with Gasteiger partial charge in [0, 0.05) is 13.2 Å². The van der Waals surface area contributed by atoms with Gasteiger partial charge in [0.15, 0.2) is 5.13 Å². The quantitative estimate of drug-likeness (QED) is 0.920. The van der Waals surface area contributed by atoms with E-state index in [1.807, 2.05) is 0 Å². The first-order valence-electron chi connectivity index (χ1n) is 6.51. The summed E-state index contributed by atoms with van der Waals surface area (Å²) in [6.07, 6.45) is 2.45. The number of nitrogens with one attached hydrogen (secondary N) is 1. The molecule has 0 bridgehead atoms. The zero-order chi connectivity index (χ0) is 12.4. The van der Waals surface area contributed by atoms with E-state index >= 15 is 0 Å². The van der Waals surface area contributed by atoms with Gasteiger partial charge in [0.1, 0.15) is 0 Å². The molecule has 1 aliphatic rings. The van der Waals surface area contributed by atoms with Crippen LogP contribution in [0.4, 0.5) is 5.13 Å². The molecule has 0 saturated carbocycles. The molecule has 1 saturated heterocycles. The third-order valence-corrected chi connectivity index (χ3v) is 4.40. The Kier molecular flexibility index (Phi) is 3.48. The molecule has 1 aromatic heterocycles. The molecule has 1 unspecified atom stereocenters. The van der Waals surface area contributed by atoms with Gasteiger partial charge in [0.25, 0.3) is 0 Å². The van der Waals surface area contributed by atoms with E-state index in [2.05, 4.69) is 35.4 Å². The second kappa shape index (κ2) is 5.24. The zero-order valence-electron chi connectivity index (χ0n) is 10.6. The fraction of sp³-hybridized carbons (Fsp3) is 0.500. The molecule has 1 N–H and O–H groups in total. The number of aromatic nitrogens is 1. The number of benzene rings is 1. The first-order chi connectivity index (χ1) is 8.83. The van der Waals surface area contributed by atoms with Crippen LogP contribution in [0.5, 0.6) is 0 Å². The molecule has 1 atom stereocenters. The lowest BCUT2D eigenvalue weighted by molar-refractivity contribution is 0.0595. The third-order valence-electron chi connectivity index (χ3n) is 3.42. The highest BCUT2D eigenvalue weighted by Crippen LogP contribution is 2.28. The van der Waals surface area contributed by atoms with Crippen LogP contribution < -0.4 is 5.32 Å². The average Bonchev–Trinajstić information content (AvgIpc) is 2.82. The van der Waals surface area contributed by atoms with Gasteiger partial charge in [-0.15, -0.1) is 0 Å². The molecule has 3 nitrogen and oxygen atoms in total. The molecule has 2 aromatic rings. The predicted molar refractivity (Wildman–Crippen MR) is 76.4 cm³/mol. The van der Waals surface area contributed by atoms with Crippen LogP contribution >= 0.6 is 11.3 Å². The van der Waals surface area contributed by atoms with Crippen LogP contribution in [0, 0.1) is 12.8 Å². The molecule has 1 aromatic carbocycles. The van der Waals surface area contributed by atoms with Crippen molar-refractivity contribution in [1.82, 2.24) is 4.98 Å². The number of para-hydroxylation sites is 1. The van der Waals surface area contributed by atoms with E-state index in [0.29, 0.717) is 5.92 Å². The van der Waals surface area contributed by atoms with Crippen molar-refractivity contribution in [2.45, 2.75) is 19.8 Å². The number of nitrogens with zero attached hydrogens (tertiary/aromatic N) is 1. The summed E-state index contributed by atoms with van der Waals surface area (Å²) in [5.74, 6) is 0.631. The van der Waals surface area contributed by atoms with Crippen molar-refractivity contribution >= 4 is 26.7 Å². The second-order valence-corrected chi connectivity index (χ2v) is 5.94. The van der Waals surface area contributed by atoms with Crippen molar-refractivity contribution < 1.29 is 4.74 Å². The van der Waals surface area contributed by atoms with Crippen molar-refractivity contribution in [3.63, 3.8) is 0 Å². The minimum Gasteiger partial charge on any atom is -0.381 e. The van der Waals surface area contributed by atoms with E-state index in [-0.39, 0.29) is 0 Å². The van der Waals surface area contributed by atoms with Crippen LogP contribution in [0.15, 0.2) is 18.2 Å². The number of thiazole rings is 1. The highest BCUT2D eigenvalue weighted by atomic mass is 32.1. The van der Waals surface area contributed by atoms with E-state index in [4.69, 9.17) is 4.74 Å². The summed E-state index contributed by atoms with van der Waals surface area (Å²) < 4.78 is 6.75. The number of aryl methyl sites for hydroxylation is 1. The minimum absolute atomic E-state index is 0.631. The summed E-state index contributed by atoms with van der Waals surface area (Å²) in [6, 6.07) is 6.34. The molecule has 1 aliphatic heterocycles. The van der Waals surface area contributed by atoms with E-state index in [9.17, 15) is 0 Å². The van der Waals surface area contributed by atoms with Gasteiger partial charge in [-0.25, -0.2) is 4.98 Å². The summed E-state index contributed by atoms with van der Waals surface area (Å²) in [6.45, 7) is 4.90. The fourth-order valence-electron chi connectivity index (χ4n) is 2.36. The monoisotopic (exact) mass is 262 g/mol. The van der Waals surface area contributed by atoms with Crippen molar-refractivity contribution in [3.05, 3.63) is 23.8 Å². The number of anilines is 1. The molecule has 96 valence electrons. The molecule has 2 heterocycles. The molecule has 0 spiro atoms. The van der Waals surface area contributed by atoms with Crippen molar-refractivity contribution in [2.75, 3.05) is 25.1 Å². The molecule has 1 fully saturated rings.